The van der Waals surface area contributed by atoms with Crippen LogP contribution in [0.3, 0.4) is 0 Å². The van der Waals surface area contributed by atoms with Gasteiger partial charge in [-0.15, -0.1) is 0 Å². The van der Waals surface area contributed by atoms with E-state index >= 15 is 0 Å². The molecule has 0 fully saturated rings. The molecule has 178 valence electrons. The van der Waals surface area contributed by atoms with Crippen LogP contribution in [0.5, 0.6) is 5.75 Å². The molecule has 1 heterocycles. The molecule has 34 heavy (non-hydrogen) atoms. The summed E-state index contributed by atoms with van der Waals surface area (Å²) in [4.78, 5) is 28.1. The van der Waals surface area contributed by atoms with Gasteiger partial charge in [-0.25, -0.2) is 0 Å². The average molecular weight is 479 g/mol. The summed E-state index contributed by atoms with van der Waals surface area (Å²) in [6.45, 7) is 6.50. The van der Waals surface area contributed by atoms with E-state index in [1.807, 2.05) is 75.4 Å². The second-order valence-corrected chi connectivity index (χ2v) is 8.99. The lowest BCUT2D eigenvalue weighted by Gasteiger charge is -2.22. The first-order valence-electron chi connectivity index (χ1n) is 11.2. The van der Waals surface area contributed by atoms with Crippen LogP contribution >= 0.6 is 12.2 Å². The molecule has 0 aliphatic rings. The maximum atomic E-state index is 12.6. The van der Waals surface area contributed by atoms with Crippen LogP contribution in [-0.2, 0) is 22.6 Å². The highest BCUT2D eigenvalue weighted by molar-refractivity contribution is 7.80. The number of para-hydroxylation sites is 1. The van der Waals surface area contributed by atoms with E-state index in [1.165, 1.54) is 0 Å². The first-order chi connectivity index (χ1) is 16.4. The number of pyridine rings is 1. The second kappa shape index (κ2) is 12.1. The van der Waals surface area contributed by atoms with E-state index in [2.05, 4.69) is 21.2 Å². The summed E-state index contributed by atoms with van der Waals surface area (Å²) in [5, 5.41) is 4.03. The predicted molar refractivity (Wildman–Crippen MR) is 137 cm³/mol. The summed E-state index contributed by atoms with van der Waals surface area (Å²) < 4.78 is 6.00. The second-order valence-electron chi connectivity index (χ2n) is 8.55. The number of aryl methyl sites for hydroxylation is 1. The van der Waals surface area contributed by atoms with Crippen molar-refractivity contribution in [2.45, 2.75) is 46.3 Å². The molecule has 2 amide bonds. The molecular formula is C26H30N4O3S. The van der Waals surface area contributed by atoms with Gasteiger partial charge in [0.15, 0.2) is 0 Å². The summed E-state index contributed by atoms with van der Waals surface area (Å²) >= 11 is 5.30. The molecule has 0 bridgehead atoms. The number of nitrogens with one attached hydrogen (secondary N) is 3. The minimum absolute atomic E-state index is 0.145. The summed E-state index contributed by atoms with van der Waals surface area (Å²) in [5.74, 6) is 0.901. The normalized spacial score (nSPS) is 11.6. The van der Waals surface area contributed by atoms with Gasteiger partial charge in [-0.05, 0) is 49.1 Å². The lowest BCUT2D eigenvalue weighted by atomic mass is 10.0. The molecule has 2 aromatic carbocycles. The fourth-order valence-electron chi connectivity index (χ4n) is 3.70. The van der Waals surface area contributed by atoms with E-state index in [-0.39, 0.29) is 18.4 Å². The SMILES string of the molecule is Cc1cc(COc2ccc(CC(=O)N[C@@H](CC(C)C)C(=S)NNC=O)cc2)c2ccccc2n1. The molecule has 0 unspecified atom stereocenters. The monoisotopic (exact) mass is 478 g/mol. The highest BCUT2D eigenvalue weighted by Crippen LogP contribution is 2.21. The van der Waals surface area contributed by atoms with E-state index in [0.717, 1.165) is 33.5 Å². The number of rotatable bonds is 11. The number of hydrogen-bond acceptors (Lipinski definition) is 5. The van der Waals surface area contributed by atoms with E-state index in [1.54, 1.807) is 0 Å². The number of hydrogen-bond donors (Lipinski definition) is 3. The van der Waals surface area contributed by atoms with E-state index in [0.29, 0.717) is 30.3 Å². The van der Waals surface area contributed by atoms with Gasteiger partial charge in [0.2, 0.25) is 12.3 Å². The Morgan fingerprint density at radius 2 is 1.88 bits per heavy atom. The molecule has 1 atom stereocenters. The van der Waals surface area contributed by atoms with E-state index in [9.17, 15) is 9.59 Å². The molecule has 0 spiro atoms. The van der Waals surface area contributed by atoms with Crippen LogP contribution in [0.1, 0.15) is 37.1 Å². The fraction of sp³-hybridized carbons (Fsp3) is 0.308. The third-order valence-electron chi connectivity index (χ3n) is 5.23. The largest absolute Gasteiger partial charge is 0.489 e. The van der Waals surface area contributed by atoms with Crippen LogP contribution in [0.15, 0.2) is 54.6 Å². The van der Waals surface area contributed by atoms with Gasteiger partial charge < -0.3 is 10.1 Å². The number of ether oxygens (including phenoxy) is 1. The quantitative estimate of drug-likeness (QED) is 0.221. The van der Waals surface area contributed by atoms with Crippen molar-refractivity contribution in [3.05, 3.63) is 71.4 Å². The van der Waals surface area contributed by atoms with Gasteiger partial charge in [-0.1, -0.05) is 56.4 Å². The van der Waals surface area contributed by atoms with Gasteiger partial charge in [0.05, 0.1) is 18.0 Å². The molecule has 0 aliphatic heterocycles. The van der Waals surface area contributed by atoms with Crippen molar-refractivity contribution in [1.82, 2.24) is 21.2 Å². The minimum atomic E-state index is -0.365. The van der Waals surface area contributed by atoms with Gasteiger partial charge in [0.25, 0.3) is 0 Å². The first kappa shape index (κ1) is 25.1. The summed E-state index contributed by atoms with van der Waals surface area (Å²) in [5.41, 5.74) is 8.81. The number of carbonyl (C=O) groups excluding carboxylic acids is 2. The molecule has 0 saturated carbocycles. The van der Waals surface area contributed by atoms with Crippen LogP contribution < -0.4 is 20.9 Å². The van der Waals surface area contributed by atoms with Gasteiger partial charge in [0.1, 0.15) is 17.3 Å². The number of carbonyl (C=O) groups is 2. The zero-order chi connectivity index (χ0) is 24.5. The van der Waals surface area contributed by atoms with Crippen molar-refractivity contribution in [3.8, 4) is 5.75 Å². The van der Waals surface area contributed by atoms with Crippen LogP contribution in [0.2, 0.25) is 0 Å². The number of aromatic nitrogens is 1. The predicted octanol–water partition coefficient (Wildman–Crippen LogP) is 3.77. The van der Waals surface area contributed by atoms with Crippen molar-refractivity contribution in [3.63, 3.8) is 0 Å². The van der Waals surface area contributed by atoms with Gasteiger partial charge in [0, 0.05) is 16.6 Å². The van der Waals surface area contributed by atoms with Gasteiger partial charge >= 0.3 is 0 Å². The summed E-state index contributed by atoms with van der Waals surface area (Å²) in [6.07, 6.45) is 1.38. The Bertz CT molecular complexity index is 1150. The highest BCUT2D eigenvalue weighted by Gasteiger charge is 2.19. The molecule has 3 rings (SSSR count). The topological polar surface area (TPSA) is 92.4 Å². The minimum Gasteiger partial charge on any atom is -0.489 e. The lowest BCUT2D eigenvalue weighted by molar-refractivity contribution is -0.120. The highest BCUT2D eigenvalue weighted by atomic mass is 32.1. The standard InChI is InChI=1S/C26H30N4O3S/c1-17(2)12-24(26(34)30-27-16-31)29-25(32)14-19-8-10-21(11-9-19)33-15-20-13-18(3)28-23-7-5-4-6-22(20)23/h4-11,13,16-17,24H,12,14-15H2,1-3H3,(H,27,31)(H,29,32)(H,30,34)/t24-/m0/s1. The van der Waals surface area contributed by atoms with Crippen LogP contribution in [0.25, 0.3) is 10.9 Å². The van der Waals surface area contributed by atoms with E-state index < -0.39 is 0 Å². The number of thiocarbonyl (C=S) groups is 1. The maximum absolute atomic E-state index is 12.6. The van der Waals surface area contributed by atoms with Crippen molar-refractivity contribution < 1.29 is 14.3 Å². The summed E-state index contributed by atoms with van der Waals surface area (Å²) in [7, 11) is 0. The Kier molecular flexibility index (Phi) is 8.93. The Morgan fingerprint density at radius 3 is 2.59 bits per heavy atom. The first-order valence-corrected chi connectivity index (χ1v) is 11.6. The number of fused-ring (bicyclic) bond motifs is 1. The number of amides is 2. The number of nitrogens with zero attached hydrogens (tertiary/aromatic N) is 1. The summed E-state index contributed by atoms with van der Waals surface area (Å²) in [6, 6.07) is 17.2. The average Bonchev–Trinajstić information content (AvgIpc) is 2.81. The number of hydrazine groups is 1. The van der Waals surface area contributed by atoms with Gasteiger partial charge in [-0.3, -0.25) is 25.4 Å². The molecule has 3 N–H and O–H groups in total. The van der Waals surface area contributed by atoms with Crippen LogP contribution in [0, 0.1) is 12.8 Å². The molecule has 7 nitrogen and oxygen atoms in total. The lowest BCUT2D eigenvalue weighted by Crippen LogP contribution is -2.50. The van der Waals surface area contributed by atoms with Crippen molar-refractivity contribution in [1.29, 1.82) is 0 Å². The van der Waals surface area contributed by atoms with Crippen LogP contribution in [0.4, 0.5) is 0 Å². The fourth-order valence-corrected chi connectivity index (χ4v) is 3.91. The molecular weight excluding hydrogens is 448 g/mol. The van der Waals surface area contributed by atoms with Crippen molar-refractivity contribution in [2.75, 3.05) is 0 Å². The molecule has 0 radical (unpaired) electrons. The molecule has 3 aromatic rings. The Hall–Kier alpha value is -3.52. The van der Waals surface area contributed by atoms with Crippen molar-refractivity contribution >= 4 is 40.4 Å². The molecule has 0 saturated heterocycles. The van der Waals surface area contributed by atoms with Crippen LogP contribution in [-0.4, -0.2) is 28.3 Å². The Balaban J connectivity index is 1.58. The number of benzene rings is 2. The van der Waals surface area contributed by atoms with Gasteiger partial charge in [-0.2, -0.15) is 0 Å². The zero-order valence-corrected chi connectivity index (χ0v) is 20.4. The third kappa shape index (κ3) is 7.25. The van der Waals surface area contributed by atoms with Crippen molar-refractivity contribution in [2.24, 2.45) is 5.92 Å². The molecule has 8 heteroatoms. The zero-order valence-electron chi connectivity index (χ0n) is 19.6. The molecule has 0 aliphatic carbocycles. The Labute approximate surface area is 205 Å². The smallest absolute Gasteiger partial charge is 0.225 e. The third-order valence-corrected chi connectivity index (χ3v) is 5.61. The van der Waals surface area contributed by atoms with E-state index in [4.69, 9.17) is 17.0 Å². The molecule has 1 aromatic heterocycles. The maximum Gasteiger partial charge on any atom is 0.225 e. The Morgan fingerprint density at radius 1 is 1.15 bits per heavy atom.